The molecule has 0 amide bonds. The number of benzene rings is 1. The molecule has 1 fully saturated rings. The number of nitrogens with one attached hydrogen (secondary N) is 1. The monoisotopic (exact) mass is 356 g/mol. The summed E-state index contributed by atoms with van der Waals surface area (Å²) in [4.78, 5) is 13.3. The lowest BCUT2D eigenvalue weighted by molar-refractivity contribution is -0.693. The van der Waals surface area contributed by atoms with Gasteiger partial charge in [-0.25, -0.2) is 4.99 Å². The number of fused-ring (bicyclic) bond motifs is 1. The van der Waals surface area contributed by atoms with Crippen molar-refractivity contribution >= 4 is 11.5 Å². The highest BCUT2D eigenvalue weighted by atomic mass is 16.7. The molecule has 0 bridgehead atoms. The lowest BCUT2D eigenvalue weighted by Crippen LogP contribution is -2.91. The van der Waals surface area contributed by atoms with Gasteiger partial charge in [0.15, 0.2) is 10.8 Å². The van der Waals surface area contributed by atoms with Gasteiger partial charge in [-0.15, -0.1) is 0 Å². The molecule has 9 nitrogen and oxygen atoms in total. The van der Waals surface area contributed by atoms with Crippen LogP contribution in [0.2, 0.25) is 0 Å². The summed E-state index contributed by atoms with van der Waals surface area (Å²) in [6, 6.07) is 10.1. The van der Waals surface area contributed by atoms with Gasteiger partial charge in [0.05, 0.1) is 30.3 Å². The standard InChI is InChI=1S/C17H17N5O4/c1-3-25-17(26-4-2)16(10-19)13(15(16,9-18)14(20)21-17)11-5-7-12(8-6-11)22(23)24/h5-8,13H,3-4H2,1-2H3,(H2,20,21)/p+1/t13-,15+,16+/m0/s1. The molecule has 134 valence electrons. The van der Waals surface area contributed by atoms with Gasteiger partial charge in [-0.3, -0.25) is 15.8 Å². The van der Waals surface area contributed by atoms with Crippen LogP contribution in [0.3, 0.4) is 0 Å². The minimum atomic E-state index is -1.56. The van der Waals surface area contributed by atoms with E-state index in [1.165, 1.54) is 24.3 Å². The van der Waals surface area contributed by atoms with Gasteiger partial charge < -0.3 is 9.47 Å². The van der Waals surface area contributed by atoms with Crippen LogP contribution in [-0.4, -0.2) is 29.9 Å². The van der Waals surface area contributed by atoms with E-state index in [0.717, 1.165) is 0 Å². The summed E-state index contributed by atoms with van der Waals surface area (Å²) < 4.78 is 11.5. The summed E-state index contributed by atoms with van der Waals surface area (Å²) in [5, 5.41) is 30.9. The Morgan fingerprint density at radius 2 is 1.81 bits per heavy atom. The fourth-order valence-electron chi connectivity index (χ4n) is 4.14. The molecule has 1 aliphatic carbocycles. The summed E-state index contributed by atoms with van der Waals surface area (Å²) in [6.45, 7) is 3.97. The highest BCUT2D eigenvalue weighted by Gasteiger charge is 2.97. The fraction of sp³-hybridized carbons (Fsp3) is 0.471. The largest absolute Gasteiger partial charge is 0.343 e. The van der Waals surface area contributed by atoms with Crippen LogP contribution < -0.4 is 10.7 Å². The minimum Gasteiger partial charge on any atom is -0.314 e. The smallest absolute Gasteiger partial charge is 0.314 e. The van der Waals surface area contributed by atoms with Crippen LogP contribution in [0.1, 0.15) is 25.3 Å². The number of rotatable bonds is 6. The molecular weight excluding hydrogens is 338 g/mol. The molecule has 3 rings (SSSR count). The SMILES string of the molecule is CCOC1(OCC)[NH+]=C(N)[C@@]2(C#N)[C@H](c3ccc([N+](=O)[O-])cc3)[C@@]12C#N. The topological polar surface area (TPSA) is 149 Å². The van der Waals surface area contributed by atoms with Crippen molar-refractivity contribution in [1.82, 2.24) is 0 Å². The first-order chi connectivity index (χ1) is 12.4. The van der Waals surface area contributed by atoms with Crippen molar-refractivity contribution in [1.29, 1.82) is 10.5 Å². The molecule has 3 atom stereocenters. The molecular formula is C17H18N5O4+. The summed E-state index contributed by atoms with van der Waals surface area (Å²) in [5.41, 5.74) is 3.90. The Bertz CT molecular complexity index is 863. The first kappa shape index (κ1) is 17.8. The quantitative estimate of drug-likeness (QED) is 0.410. The van der Waals surface area contributed by atoms with Crippen molar-refractivity contribution in [3.63, 3.8) is 0 Å². The van der Waals surface area contributed by atoms with Crippen LogP contribution in [0.25, 0.3) is 0 Å². The molecule has 1 heterocycles. The van der Waals surface area contributed by atoms with Crippen LogP contribution in [0.4, 0.5) is 5.69 Å². The van der Waals surface area contributed by atoms with Gasteiger partial charge in [0.2, 0.25) is 0 Å². The molecule has 0 unspecified atom stereocenters. The zero-order chi connectivity index (χ0) is 19.2. The molecule has 1 saturated carbocycles. The van der Waals surface area contributed by atoms with Crippen LogP contribution in [-0.2, 0) is 9.47 Å². The Morgan fingerprint density at radius 1 is 1.23 bits per heavy atom. The molecule has 26 heavy (non-hydrogen) atoms. The van der Waals surface area contributed by atoms with E-state index in [1.54, 1.807) is 13.8 Å². The highest BCUT2D eigenvalue weighted by molar-refractivity contribution is 5.95. The lowest BCUT2D eigenvalue weighted by atomic mass is 9.93. The first-order valence-electron chi connectivity index (χ1n) is 8.16. The maximum atomic E-state index is 10.9. The van der Waals surface area contributed by atoms with Gasteiger partial charge in [-0.2, -0.15) is 10.5 Å². The number of hydrogen-bond donors (Lipinski definition) is 2. The van der Waals surface area contributed by atoms with E-state index in [0.29, 0.717) is 5.56 Å². The molecule has 1 aromatic rings. The first-order valence-corrected chi connectivity index (χ1v) is 8.16. The second-order valence-corrected chi connectivity index (χ2v) is 6.14. The van der Waals surface area contributed by atoms with Gasteiger partial charge in [0.25, 0.3) is 11.5 Å². The Balaban J connectivity index is 2.17. The van der Waals surface area contributed by atoms with Crippen LogP contribution in [0.15, 0.2) is 24.3 Å². The Labute approximate surface area is 149 Å². The summed E-state index contributed by atoms with van der Waals surface area (Å²) in [5.74, 6) is -2.09. The summed E-state index contributed by atoms with van der Waals surface area (Å²) in [6.07, 6.45) is 0. The van der Waals surface area contributed by atoms with Gasteiger partial charge in [-0.05, 0) is 19.4 Å². The zero-order valence-corrected chi connectivity index (χ0v) is 14.4. The van der Waals surface area contributed by atoms with E-state index in [1.807, 2.05) is 0 Å². The second kappa shape index (κ2) is 5.77. The maximum Gasteiger partial charge on any atom is 0.343 e. The molecule has 2 aliphatic rings. The third-order valence-electron chi connectivity index (χ3n) is 5.13. The van der Waals surface area contributed by atoms with Crippen LogP contribution >= 0.6 is 0 Å². The average molecular weight is 356 g/mol. The molecule has 0 aromatic heterocycles. The predicted octanol–water partition coefficient (Wildman–Crippen LogP) is -0.110. The van der Waals surface area contributed by atoms with Crippen molar-refractivity contribution in [2.75, 3.05) is 13.2 Å². The Morgan fingerprint density at radius 3 is 2.23 bits per heavy atom. The highest BCUT2D eigenvalue weighted by Crippen LogP contribution is 2.78. The number of non-ortho nitro benzene ring substituents is 1. The molecule has 0 radical (unpaired) electrons. The number of nitro benzene ring substituents is 1. The third-order valence-corrected chi connectivity index (χ3v) is 5.13. The maximum absolute atomic E-state index is 10.9. The normalized spacial score (nSPS) is 30.6. The van der Waals surface area contributed by atoms with E-state index in [9.17, 15) is 20.6 Å². The van der Waals surface area contributed by atoms with Crippen molar-refractivity contribution in [3.05, 3.63) is 39.9 Å². The van der Waals surface area contributed by atoms with Gasteiger partial charge in [0, 0.05) is 18.1 Å². The van der Waals surface area contributed by atoms with Crippen LogP contribution in [0.5, 0.6) is 0 Å². The number of ether oxygens (including phenoxy) is 2. The van der Waals surface area contributed by atoms with Crippen molar-refractivity contribution < 1.29 is 19.4 Å². The van der Waals surface area contributed by atoms with Gasteiger partial charge in [-0.1, -0.05) is 12.1 Å². The molecule has 0 spiro atoms. The average Bonchev–Trinajstić information content (AvgIpc) is 3.21. The molecule has 0 saturated heterocycles. The minimum absolute atomic E-state index is 0.0764. The zero-order valence-electron chi connectivity index (χ0n) is 14.4. The molecule has 9 heteroatoms. The van der Waals surface area contributed by atoms with E-state index >= 15 is 0 Å². The van der Waals surface area contributed by atoms with E-state index in [4.69, 9.17) is 15.2 Å². The van der Waals surface area contributed by atoms with E-state index < -0.39 is 27.6 Å². The number of nitriles is 2. The Kier molecular flexibility index (Phi) is 3.95. The van der Waals surface area contributed by atoms with Gasteiger partial charge >= 0.3 is 5.91 Å². The number of amidine groups is 1. The number of nitrogens with zero attached hydrogens (tertiary/aromatic N) is 3. The summed E-state index contributed by atoms with van der Waals surface area (Å²) in [7, 11) is 0. The summed E-state index contributed by atoms with van der Waals surface area (Å²) >= 11 is 0. The number of nitrogens with two attached hydrogens (primary N) is 1. The fourth-order valence-corrected chi connectivity index (χ4v) is 4.14. The van der Waals surface area contributed by atoms with Crippen molar-refractivity contribution in [2.24, 2.45) is 16.6 Å². The third kappa shape index (κ3) is 1.81. The van der Waals surface area contributed by atoms with E-state index in [-0.39, 0.29) is 24.7 Å². The van der Waals surface area contributed by atoms with Crippen LogP contribution in [0, 0.1) is 43.6 Å². The Hall–Kier alpha value is -3.01. The number of hydrogen-bond acceptors (Lipinski definition) is 7. The molecule has 1 aromatic carbocycles. The number of nitro groups is 1. The molecule has 1 aliphatic heterocycles. The van der Waals surface area contributed by atoms with E-state index in [2.05, 4.69) is 17.1 Å². The van der Waals surface area contributed by atoms with Crippen molar-refractivity contribution in [3.8, 4) is 12.1 Å². The predicted molar refractivity (Wildman–Crippen MR) is 88.1 cm³/mol. The van der Waals surface area contributed by atoms with Gasteiger partial charge in [0.1, 0.15) is 0 Å². The lowest BCUT2D eigenvalue weighted by Gasteiger charge is -2.29. The van der Waals surface area contributed by atoms with Crippen molar-refractivity contribution in [2.45, 2.75) is 25.7 Å². The second-order valence-electron chi connectivity index (χ2n) is 6.14. The molecule has 3 N–H and O–H groups in total.